The van der Waals surface area contributed by atoms with E-state index in [2.05, 4.69) is 22.5 Å². The van der Waals surface area contributed by atoms with Crippen molar-refractivity contribution in [1.29, 1.82) is 0 Å². The number of halogens is 1. The van der Waals surface area contributed by atoms with Crippen LogP contribution < -0.4 is 10.6 Å². The molecule has 1 unspecified atom stereocenters. The summed E-state index contributed by atoms with van der Waals surface area (Å²) in [6.07, 6.45) is 2.29. The van der Waals surface area contributed by atoms with Gasteiger partial charge < -0.3 is 20.3 Å². The Bertz CT molecular complexity index is 410. The maximum atomic E-state index is 12.1. The van der Waals surface area contributed by atoms with Crippen LogP contribution in [0.2, 0.25) is 0 Å². The molecular formula is C17H35IN4O2S. The smallest absolute Gasteiger partial charge is 0.410 e. The van der Waals surface area contributed by atoms with Crippen molar-refractivity contribution >= 4 is 47.8 Å². The lowest BCUT2D eigenvalue weighted by molar-refractivity contribution is 0.0264. The lowest BCUT2D eigenvalue weighted by atomic mass is 10.2. The average molecular weight is 486 g/mol. The van der Waals surface area contributed by atoms with Crippen LogP contribution in [0.4, 0.5) is 4.79 Å². The van der Waals surface area contributed by atoms with Gasteiger partial charge in [0.15, 0.2) is 5.96 Å². The molecule has 0 saturated carbocycles. The summed E-state index contributed by atoms with van der Waals surface area (Å²) >= 11 is 2.01. The first-order valence-corrected chi connectivity index (χ1v) is 10.0. The summed E-state index contributed by atoms with van der Waals surface area (Å²) in [5.41, 5.74) is -0.465. The van der Waals surface area contributed by atoms with Crippen molar-refractivity contribution < 1.29 is 9.53 Å². The highest BCUT2D eigenvalue weighted by Crippen LogP contribution is 2.25. The molecule has 1 amide bonds. The van der Waals surface area contributed by atoms with Gasteiger partial charge in [-0.15, -0.1) is 24.0 Å². The highest BCUT2D eigenvalue weighted by molar-refractivity contribution is 14.0. The highest BCUT2D eigenvalue weighted by atomic mass is 127. The fourth-order valence-electron chi connectivity index (χ4n) is 2.34. The Labute approximate surface area is 174 Å². The molecule has 0 radical (unpaired) electrons. The van der Waals surface area contributed by atoms with Crippen LogP contribution in [0.15, 0.2) is 4.99 Å². The first-order chi connectivity index (χ1) is 11.4. The number of ether oxygens (including phenoxy) is 1. The molecule has 25 heavy (non-hydrogen) atoms. The highest BCUT2D eigenvalue weighted by Gasteiger charge is 2.21. The Kier molecular flexibility index (Phi) is 12.7. The summed E-state index contributed by atoms with van der Waals surface area (Å²) in [5.74, 6) is 2.08. The van der Waals surface area contributed by atoms with Crippen LogP contribution >= 0.6 is 35.7 Å². The third-order valence-electron chi connectivity index (χ3n) is 3.53. The molecule has 1 fully saturated rings. The van der Waals surface area contributed by atoms with Crippen LogP contribution in [0.3, 0.4) is 0 Å². The van der Waals surface area contributed by atoms with Crippen LogP contribution in [-0.4, -0.2) is 66.3 Å². The summed E-state index contributed by atoms with van der Waals surface area (Å²) < 4.78 is 5.42. The zero-order valence-electron chi connectivity index (χ0n) is 16.3. The molecule has 0 bridgehead atoms. The van der Waals surface area contributed by atoms with Crippen LogP contribution in [0.1, 0.15) is 47.5 Å². The van der Waals surface area contributed by atoms with Crippen LogP contribution in [-0.2, 0) is 4.74 Å². The van der Waals surface area contributed by atoms with Crippen LogP contribution in [0, 0.1) is 0 Å². The lowest BCUT2D eigenvalue weighted by Gasteiger charge is -2.26. The number of carbonyl (C=O) groups is 1. The van der Waals surface area contributed by atoms with E-state index in [1.165, 1.54) is 18.6 Å². The first-order valence-electron chi connectivity index (χ1n) is 8.97. The molecule has 0 aromatic rings. The molecule has 1 heterocycles. The monoisotopic (exact) mass is 486 g/mol. The minimum absolute atomic E-state index is 0. The number of nitrogens with zero attached hydrogens (tertiary/aromatic N) is 2. The molecule has 0 aliphatic carbocycles. The molecule has 1 aliphatic heterocycles. The number of hydrogen-bond acceptors (Lipinski definition) is 4. The SMILES string of the molecule is CCNC(=NCC1CCCS1)NCCN(CC)C(=O)OC(C)(C)C.I. The van der Waals surface area contributed by atoms with Gasteiger partial charge in [0.05, 0.1) is 6.54 Å². The van der Waals surface area contributed by atoms with Crippen molar-refractivity contribution in [3.63, 3.8) is 0 Å². The number of nitrogens with one attached hydrogen (secondary N) is 2. The van der Waals surface area contributed by atoms with Crippen molar-refractivity contribution in [2.45, 2.75) is 58.3 Å². The number of rotatable bonds is 7. The van der Waals surface area contributed by atoms with E-state index in [1.54, 1.807) is 4.90 Å². The molecule has 1 rings (SSSR count). The fourth-order valence-corrected chi connectivity index (χ4v) is 3.52. The molecule has 1 atom stereocenters. The van der Waals surface area contributed by atoms with Gasteiger partial charge in [-0.05, 0) is 53.2 Å². The number of hydrogen-bond donors (Lipinski definition) is 2. The van der Waals surface area contributed by atoms with Crippen LogP contribution in [0.25, 0.3) is 0 Å². The molecule has 0 aromatic carbocycles. The number of aliphatic imine (C=N–C) groups is 1. The summed E-state index contributed by atoms with van der Waals surface area (Å²) in [6.45, 7) is 13.2. The topological polar surface area (TPSA) is 66.0 Å². The number of amides is 1. The van der Waals surface area contributed by atoms with Gasteiger partial charge in [-0.1, -0.05) is 0 Å². The summed E-state index contributed by atoms with van der Waals surface area (Å²) in [4.78, 5) is 18.5. The zero-order chi connectivity index (χ0) is 18.0. The summed E-state index contributed by atoms with van der Waals surface area (Å²) in [5, 5.41) is 7.22. The fraction of sp³-hybridized carbons (Fsp3) is 0.882. The minimum atomic E-state index is -0.465. The molecule has 1 aliphatic rings. The summed E-state index contributed by atoms with van der Waals surface area (Å²) in [6, 6.07) is 0. The van der Waals surface area contributed by atoms with E-state index in [1.807, 2.05) is 39.5 Å². The Hall–Kier alpha value is -0.380. The lowest BCUT2D eigenvalue weighted by Crippen LogP contribution is -2.44. The molecule has 2 N–H and O–H groups in total. The van der Waals surface area contributed by atoms with Crippen molar-refractivity contribution in [2.24, 2.45) is 4.99 Å². The molecule has 0 spiro atoms. The van der Waals surface area contributed by atoms with Gasteiger partial charge in [-0.25, -0.2) is 4.79 Å². The van der Waals surface area contributed by atoms with E-state index in [-0.39, 0.29) is 30.1 Å². The second kappa shape index (κ2) is 12.9. The second-order valence-electron chi connectivity index (χ2n) is 6.84. The number of guanidine groups is 1. The van der Waals surface area contributed by atoms with Gasteiger partial charge >= 0.3 is 6.09 Å². The number of likely N-dealkylation sites (N-methyl/N-ethyl adjacent to an activating group) is 1. The molecule has 6 nitrogen and oxygen atoms in total. The van der Waals surface area contributed by atoms with E-state index in [4.69, 9.17) is 4.74 Å². The molecule has 1 saturated heterocycles. The Morgan fingerprint density at radius 1 is 1.32 bits per heavy atom. The quantitative estimate of drug-likeness (QED) is 0.329. The molecule has 8 heteroatoms. The van der Waals surface area contributed by atoms with Gasteiger partial charge in [0.2, 0.25) is 0 Å². The second-order valence-corrected chi connectivity index (χ2v) is 8.25. The molecule has 148 valence electrons. The Morgan fingerprint density at radius 3 is 2.56 bits per heavy atom. The van der Waals surface area contributed by atoms with E-state index < -0.39 is 5.60 Å². The number of carbonyl (C=O) groups excluding carboxylic acids is 1. The van der Waals surface area contributed by atoms with Crippen molar-refractivity contribution in [3.05, 3.63) is 0 Å². The van der Waals surface area contributed by atoms with E-state index in [0.717, 1.165) is 19.0 Å². The minimum Gasteiger partial charge on any atom is -0.444 e. The van der Waals surface area contributed by atoms with Gasteiger partial charge in [0, 0.05) is 31.4 Å². The normalized spacial score (nSPS) is 17.6. The van der Waals surface area contributed by atoms with Crippen molar-refractivity contribution in [3.8, 4) is 0 Å². The van der Waals surface area contributed by atoms with E-state index >= 15 is 0 Å². The molecule has 0 aromatic heterocycles. The van der Waals surface area contributed by atoms with Crippen molar-refractivity contribution in [1.82, 2.24) is 15.5 Å². The van der Waals surface area contributed by atoms with E-state index in [9.17, 15) is 4.79 Å². The van der Waals surface area contributed by atoms with E-state index in [0.29, 0.717) is 24.9 Å². The van der Waals surface area contributed by atoms with Crippen molar-refractivity contribution in [2.75, 3.05) is 38.5 Å². The zero-order valence-corrected chi connectivity index (χ0v) is 19.4. The van der Waals surface area contributed by atoms with Crippen LogP contribution in [0.5, 0.6) is 0 Å². The predicted molar refractivity (Wildman–Crippen MR) is 118 cm³/mol. The summed E-state index contributed by atoms with van der Waals surface area (Å²) in [7, 11) is 0. The largest absolute Gasteiger partial charge is 0.444 e. The van der Waals surface area contributed by atoms with Gasteiger partial charge in [0.1, 0.15) is 5.60 Å². The predicted octanol–water partition coefficient (Wildman–Crippen LogP) is 3.31. The Balaban J connectivity index is 0.00000576. The number of thioether (sulfide) groups is 1. The van der Waals surface area contributed by atoms with Gasteiger partial charge in [-0.2, -0.15) is 11.8 Å². The standard InChI is InChI=1S/C17H34N4O2S.HI/c1-6-18-15(20-13-14-9-8-12-24-14)19-10-11-21(7-2)16(22)23-17(3,4)5;/h14H,6-13H2,1-5H3,(H2,18,19,20);1H. The van der Waals surface area contributed by atoms with Gasteiger partial charge in [-0.3, -0.25) is 4.99 Å². The third-order valence-corrected chi connectivity index (χ3v) is 4.91. The average Bonchev–Trinajstić information content (AvgIpc) is 3.00. The maximum Gasteiger partial charge on any atom is 0.410 e. The first kappa shape index (κ1) is 24.6. The van der Waals surface area contributed by atoms with Gasteiger partial charge in [0.25, 0.3) is 0 Å². The molecular weight excluding hydrogens is 451 g/mol. The third kappa shape index (κ3) is 11.0. The Morgan fingerprint density at radius 2 is 2.04 bits per heavy atom. The maximum absolute atomic E-state index is 12.1.